The number of fused-ring (bicyclic) bond motifs is 1. The predicted octanol–water partition coefficient (Wildman–Crippen LogP) is 5.98. The number of aromatic nitrogens is 1. The Hall–Kier alpha value is -3.30. The number of aliphatic hydroxyl groups is 1. The van der Waals surface area contributed by atoms with Gasteiger partial charge in [-0.3, -0.25) is 14.9 Å². The van der Waals surface area contributed by atoms with Crippen LogP contribution in [0.4, 0.5) is 5.69 Å². The minimum atomic E-state index is -1.11. The molecule has 0 saturated heterocycles. The predicted molar refractivity (Wildman–Crippen MR) is 126 cm³/mol. The molecule has 0 saturated carbocycles. The van der Waals surface area contributed by atoms with Gasteiger partial charge in [-0.05, 0) is 63.4 Å². The fourth-order valence-corrected chi connectivity index (χ4v) is 4.91. The molecule has 1 aliphatic rings. The first-order chi connectivity index (χ1) is 15.4. The van der Waals surface area contributed by atoms with Gasteiger partial charge in [0.2, 0.25) is 0 Å². The molecule has 3 aromatic rings. The largest absolute Gasteiger partial charge is 0.508 e. The molecule has 8 nitrogen and oxygen atoms in total. The summed E-state index contributed by atoms with van der Waals surface area (Å²) in [7, 11) is 0. The lowest BCUT2D eigenvalue weighted by atomic mass is 9.81. The monoisotopic (exact) mass is 468 g/mol. The van der Waals surface area contributed by atoms with Gasteiger partial charge in [0, 0.05) is 6.07 Å². The first-order valence-electron chi connectivity index (χ1n) is 10.5. The second kappa shape index (κ2) is 7.93. The quantitative estimate of drug-likeness (QED) is 0.362. The van der Waals surface area contributed by atoms with E-state index in [1.165, 1.54) is 17.4 Å². The third-order valence-electron chi connectivity index (χ3n) is 5.60. The van der Waals surface area contributed by atoms with Crippen molar-refractivity contribution in [3.05, 3.63) is 63.4 Å². The van der Waals surface area contributed by atoms with Gasteiger partial charge in [0.25, 0.3) is 10.9 Å². The van der Waals surface area contributed by atoms with Crippen LogP contribution < -0.4 is 4.74 Å². The maximum atomic E-state index is 13.2. The van der Waals surface area contributed by atoms with Crippen molar-refractivity contribution in [3.63, 3.8) is 0 Å². The molecule has 33 heavy (non-hydrogen) atoms. The Kier molecular flexibility index (Phi) is 5.50. The normalized spacial score (nSPS) is 17.4. The smallest absolute Gasteiger partial charge is 0.296 e. The number of aryl methyl sites for hydroxylation is 1. The van der Waals surface area contributed by atoms with Gasteiger partial charge in [0.15, 0.2) is 11.3 Å². The van der Waals surface area contributed by atoms with Crippen LogP contribution in [0.1, 0.15) is 45.7 Å². The number of carbonyl (C=O) groups is 1. The van der Waals surface area contributed by atoms with E-state index < -0.39 is 16.1 Å². The second-order valence-corrected chi connectivity index (χ2v) is 9.80. The van der Waals surface area contributed by atoms with Crippen molar-refractivity contribution in [2.45, 2.75) is 52.2 Å². The molecule has 2 heterocycles. The zero-order valence-corrected chi connectivity index (χ0v) is 19.8. The highest BCUT2D eigenvalue weighted by Crippen LogP contribution is 2.42. The van der Waals surface area contributed by atoms with Gasteiger partial charge in [-0.15, -0.1) is 0 Å². The molecule has 0 fully saturated rings. The summed E-state index contributed by atoms with van der Waals surface area (Å²) in [5, 5.41) is 22.5. The van der Waals surface area contributed by atoms with E-state index in [-0.39, 0.29) is 33.5 Å². The molecule has 0 bridgehead atoms. The molecular formula is C24H24N2O6S. The van der Waals surface area contributed by atoms with E-state index in [1.807, 2.05) is 13.0 Å². The summed E-state index contributed by atoms with van der Waals surface area (Å²) in [5.41, 5.74) is -0.345. The zero-order valence-electron chi connectivity index (χ0n) is 19.0. The van der Waals surface area contributed by atoms with Gasteiger partial charge in [-0.25, -0.2) is 0 Å². The number of hydrogen-bond acceptors (Lipinski definition) is 8. The van der Waals surface area contributed by atoms with Crippen LogP contribution >= 0.6 is 11.3 Å². The zero-order chi connectivity index (χ0) is 24.1. The molecule has 0 atom stereocenters. The van der Waals surface area contributed by atoms with E-state index in [9.17, 15) is 20.0 Å². The Morgan fingerprint density at radius 1 is 1.18 bits per heavy atom. The molecule has 0 amide bonds. The SMILES string of the molecule is CCc1ccc(Oc2nc3c([N+](=O)[O-])cccc3s2)cc1C1=C(O)C(C)(C)OC(C)(C)C1=O. The average molecular weight is 469 g/mol. The minimum absolute atomic E-state index is 0.0898. The van der Waals surface area contributed by atoms with Crippen LogP contribution in [0.25, 0.3) is 15.8 Å². The average Bonchev–Trinajstić information content (AvgIpc) is 3.14. The number of ether oxygens (including phenoxy) is 2. The summed E-state index contributed by atoms with van der Waals surface area (Å²) in [6.07, 6.45) is 0.634. The van der Waals surface area contributed by atoms with Crippen LogP contribution in [-0.4, -0.2) is 32.0 Å². The summed E-state index contributed by atoms with van der Waals surface area (Å²) in [5.74, 6) is -0.0461. The highest BCUT2D eigenvalue weighted by Gasteiger charge is 2.47. The van der Waals surface area contributed by atoms with Crippen LogP contribution in [0.15, 0.2) is 42.2 Å². The molecule has 2 aromatic carbocycles. The number of non-ortho nitro benzene ring substituents is 1. The fraction of sp³-hybridized carbons (Fsp3) is 0.333. The molecule has 0 aliphatic carbocycles. The topological polar surface area (TPSA) is 112 Å². The van der Waals surface area contributed by atoms with Gasteiger partial charge in [-0.2, -0.15) is 4.98 Å². The summed E-state index contributed by atoms with van der Waals surface area (Å²) in [4.78, 5) is 28.4. The number of Topliss-reactive ketones (excluding diaryl/α,β-unsaturated/α-hetero) is 1. The number of nitro groups is 1. The molecule has 1 aliphatic heterocycles. The molecule has 0 spiro atoms. The third kappa shape index (κ3) is 3.98. The summed E-state index contributed by atoms with van der Waals surface area (Å²) < 4.78 is 12.4. The van der Waals surface area contributed by atoms with Crippen molar-refractivity contribution in [2.24, 2.45) is 0 Å². The highest BCUT2D eigenvalue weighted by atomic mass is 32.1. The van der Waals surface area contributed by atoms with Crippen LogP contribution in [0, 0.1) is 10.1 Å². The van der Waals surface area contributed by atoms with E-state index in [0.717, 1.165) is 5.56 Å². The Morgan fingerprint density at radius 3 is 2.58 bits per heavy atom. The first-order valence-corrected chi connectivity index (χ1v) is 11.3. The number of thiazole rings is 1. The Morgan fingerprint density at radius 2 is 1.91 bits per heavy atom. The van der Waals surface area contributed by atoms with Crippen molar-refractivity contribution in [2.75, 3.05) is 0 Å². The number of aliphatic hydroxyl groups excluding tert-OH is 1. The van der Waals surface area contributed by atoms with Gasteiger partial charge >= 0.3 is 0 Å². The molecular weight excluding hydrogens is 444 g/mol. The molecule has 0 unspecified atom stereocenters. The number of hydrogen-bond donors (Lipinski definition) is 1. The summed E-state index contributed by atoms with van der Waals surface area (Å²) in [6.45, 7) is 8.77. The van der Waals surface area contributed by atoms with Crippen molar-refractivity contribution >= 4 is 38.6 Å². The van der Waals surface area contributed by atoms with E-state index in [1.54, 1.807) is 52.0 Å². The third-order valence-corrected chi connectivity index (χ3v) is 6.50. The van der Waals surface area contributed by atoms with Crippen molar-refractivity contribution in [3.8, 4) is 10.9 Å². The maximum absolute atomic E-state index is 13.2. The molecule has 172 valence electrons. The lowest BCUT2D eigenvalue weighted by Gasteiger charge is -2.40. The standard InChI is InChI=1S/C24H24N2O6S/c1-6-13-10-11-14(31-22-25-19-16(26(29)30)8-7-9-17(19)33-22)12-15(13)18-20(27)23(2,3)32-24(4,5)21(18)28/h7-12,27H,6H2,1-5H3. The van der Waals surface area contributed by atoms with Crippen LogP contribution in [0.3, 0.4) is 0 Å². The Labute approximate surface area is 194 Å². The fourth-order valence-electron chi connectivity index (χ4n) is 4.06. The maximum Gasteiger partial charge on any atom is 0.296 e. The number of para-hydroxylation sites is 1. The van der Waals surface area contributed by atoms with E-state index >= 15 is 0 Å². The summed E-state index contributed by atoms with van der Waals surface area (Å²) >= 11 is 1.19. The minimum Gasteiger partial charge on any atom is -0.508 e. The Bertz CT molecular complexity index is 1320. The number of rotatable bonds is 5. The van der Waals surface area contributed by atoms with Crippen molar-refractivity contribution in [1.29, 1.82) is 0 Å². The number of nitro benzene ring substituents is 1. The molecule has 1 N–H and O–H groups in total. The number of nitrogens with zero attached hydrogens (tertiary/aromatic N) is 2. The number of carbonyl (C=O) groups excluding carboxylic acids is 1. The van der Waals surface area contributed by atoms with Gasteiger partial charge in [-0.1, -0.05) is 30.4 Å². The molecule has 1 aromatic heterocycles. The first kappa shape index (κ1) is 22.9. The van der Waals surface area contributed by atoms with E-state index in [2.05, 4.69) is 4.98 Å². The second-order valence-electron chi connectivity index (χ2n) is 8.81. The number of ketones is 1. The van der Waals surface area contributed by atoms with Crippen LogP contribution in [0.2, 0.25) is 0 Å². The van der Waals surface area contributed by atoms with Crippen LogP contribution in [-0.2, 0) is 16.0 Å². The van der Waals surface area contributed by atoms with Crippen molar-refractivity contribution in [1.82, 2.24) is 4.98 Å². The molecule has 0 radical (unpaired) electrons. The van der Waals surface area contributed by atoms with Gasteiger partial charge in [0.1, 0.15) is 22.7 Å². The molecule has 4 rings (SSSR count). The Balaban J connectivity index is 1.80. The van der Waals surface area contributed by atoms with E-state index in [4.69, 9.17) is 9.47 Å². The van der Waals surface area contributed by atoms with Gasteiger partial charge in [0.05, 0.1) is 15.2 Å². The lowest BCUT2D eigenvalue weighted by Crippen LogP contribution is -2.49. The van der Waals surface area contributed by atoms with E-state index in [0.29, 0.717) is 22.4 Å². The van der Waals surface area contributed by atoms with Gasteiger partial charge < -0.3 is 14.6 Å². The molecule has 9 heteroatoms. The van der Waals surface area contributed by atoms with Crippen molar-refractivity contribution < 1.29 is 24.3 Å². The lowest BCUT2D eigenvalue weighted by molar-refractivity contribution is -0.383. The number of benzene rings is 2. The highest BCUT2D eigenvalue weighted by molar-refractivity contribution is 7.20. The summed E-state index contributed by atoms with van der Waals surface area (Å²) in [6, 6.07) is 10.0. The van der Waals surface area contributed by atoms with Crippen LogP contribution in [0.5, 0.6) is 10.9 Å².